The fraction of sp³-hybridized carbons (Fsp3) is 0.0794. The Balaban J connectivity index is 1.14. The summed E-state index contributed by atoms with van der Waals surface area (Å²) in [5, 5.41) is 0. The van der Waals surface area contributed by atoms with Crippen LogP contribution in [0.1, 0.15) is 63.9 Å². The Hall–Kier alpha value is -7.74. The van der Waals surface area contributed by atoms with Gasteiger partial charge in [-0.1, -0.05) is 232 Å². The van der Waals surface area contributed by atoms with Gasteiger partial charge in [0.25, 0.3) is 0 Å². The van der Waals surface area contributed by atoms with E-state index >= 15 is 0 Å². The molecule has 9 aromatic carbocycles. The molecule has 1 nitrogen and oxygen atoms in total. The molecule has 0 amide bonds. The number of nitrogens with two attached hydrogens (primary N) is 1. The molecular formula is C63H49N. The maximum Gasteiger partial charge on any atom is 0.0719 e. The largest absolute Gasteiger partial charge is 0.398 e. The average Bonchev–Trinajstić information content (AvgIpc) is 3.66. The first kappa shape index (κ1) is 39.1. The third-order valence-corrected chi connectivity index (χ3v) is 13.8. The van der Waals surface area contributed by atoms with Crippen molar-refractivity contribution in [3.05, 3.63) is 287 Å². The predicted molar refractivity (Wildman–Crippen MR) is 269 cm³/mol. The van der Waals surface area contributed by atoms with Gasteiger partial charge in [0.2, 0.25) is 0 Å². The number of allylic oxidation sites excluding steroid dienone is 3. The molecule has 11 rings (SSSR count). The van der Waals surface area contributed by atoms with Crippen molar-refractivity contribution in [2.24, 2.45) is 5.73 Å². The summed E-state index contributed by atoms with van der Waals surface area (Å²) in [6.45, 7) is 4.77. The topological polar surface area (TPSA) is 26.0 Å². The Bertz CT molecular complexity index is 3190. The Kier molecular flexibility index (Phi) is 9.70. The molecule has 9 aromatic rings. The first-order chi connectivity index (χ1) is 31.4. The summed E-state index contributed by atoms with van der Waals surface area (Å²) in [7, 11) is 0. The molecule has 0 aromatic heterocycles. The van der Waals surface area contributed by atoms with Gasteiger partial charge in [0, 0.05) is 11.1 Å². The van der Waals surface area contributed by atoms with Gasteiger partial charge in [-0.3, -0.25) is 0 Å². The second-order valence-corrected chi connectivity index (χ2v) is 17.8. The summed E-state index contributed by atoms with van der Waals surface area (Å²) in [6, 6.07) is 82.2. The lowest BCUT2D eigenvalue weighted by atomic mass is 9.55. The van der Waals surface area contributed by atoms with Crippen molar-refractivity contribution < 1.29 is 0 Å². The van der Waals surface area contributed by atoms with Crippen molar-refractivity contribution in [2.75, 3.05) is 0 Å². The van der Waals surface area contributed by atoms with Crippen molar-refractivity contribution in [3.63, 3.8) is 0 Å². The van der Waals surface area contributed by atoms with Crippen LogP contribution in [0.25, 0.3) is 55.8 Å². The summed E-state index contributed by atoms with van der Waals surface area (Å²) >= 11 is 0. The van der Waals surface area contributed by atoms with Gasteiger partial charge in [-0.15, -0.1) is 0 Å². The molecule has 0 saturated heterocycles. The molecule has 0 atom stereocenters. The fourth-order valence-electron chi connectivity index (χ4n) is 10.7. The van der Waals surface area contributed by atoms with E-state index in [-0.39, 0.29) is 5.41 Å². The fourth-order valence-corrected chi connectivity index (χ4v) is 10.7. The number of rotatable bonds is 8. The molecule has 1 spiro atoms. The molecule has 0 unspecified atom stereocenters. The van der Waals surface area contributed by atoms with Gasteiger partial charge in [-0.25, -0.2) is 0 Å². The van der Waals surface area contributed by atoms with Gasteiger partial charge >= 0.3 is 0 Å². The number of benzene rings is 9. The lowest BCUT2D eigenvalue weighted by molar-refractivity contribution is 0.563. The molecular weight excluding hydrogens is 771 g/mol. The highest BCUT2D eigenvalue weighted by Gasteiger charge is 2.53. The van der Waals surface area contributed by atoms with Gasteiger partial charge < -0.3 is 5.73 Å². The van der Waals surface area contributed by atoms with E-state index in [2.05, 4.69) is 244 Å². The van der Waals surface area contributed by atoms with Crippen LogP contribution in [0.3, 0.4) is 0 Å². The molecule has 0 bridgehead atoms. The lowest BCUT2D eigenvalue weighted by Gasteiger charge is -2.46. The summed E-state index contributed by atoms with van der Waals surface area (Å²) in [5.41, 5.74) is 29.4. The van der Waals surface area contributed by atoms with Gasteiger partial charge in [0.15, 0.2) is 0 Å². The van der Waals surface area contributed by atoms with Crippen molar-refractivity contribution >= 4 is 11.3 Å². The SMILES string of the molecule is CC1(C)c2ccccc2C2(c3ccc(-c4cccc(-c5ccc(-c6ccccc6)cc5)c4)cc3-c3c(C(/C=C(\N)c4ccccc4)=C/Cc4ccccc4)cccc32)c2ccccc21. The summed E-state index contributed by atoms with van der Waals surface area (Å²) in [6.07, 6.45) is 5.34. The minimum atomic E-state index is -0.538. The van der Waals surface area contributed by atoms with Crippen LogP contribution >= 0.6 is 0 Å². The molecule has 0 heterocycles. The first-order valence-electron chi connectivity index (χ1n) is 22.4. The van der Waals surface area contributed by atoms with Crippen LogP contribution in [0.5, 0.6) is 0 Å². The van der Waals surface area contributed by atoms with Gasteiger partial charge in [-0.2, -0.15) is 0 Å². The zero-order valence-corrected chi connectivity index (χ0v) is 36.3. The summed E-state index contributed by atoms with van der Waals surface area (Å²) in [4.78, 5) is 0. The zero-order valence-electron chi connectivity index (χ0n) is 36.3. The minimum Gasteiger partial charge on any atom is -0.398 e. The van der Waals surface area contributed by atoms with Crippen LogP contribution in [0.15, 0.2) is 237 Å². The van der Waals surface area contributed by atoms with Crippen molar-refractivity contribution in [2.45, 2.75) is 31.1 Å². The van der Waals surface area contributed by atoms with E-state index in [0.29, 0.717) is 0 Å². The maximum atomic E-state index is 7.05. The van der Waals surface area contributed by atoms with Crippen LogP contribution in [-0.2, 0) is 17.3 Å². The van der Waals surface area contributed by atoms with Crippen LogP contribution in [0, 0.1) is 0 Å². The second-order valence-electron chi connectivity index (χ2n) is 17.8. The zero-order chi connectivity index (χ0) is 43.3. The summed E-state index contributed by atoms with van der Waals surface area (Å²) in [5.74, 6) is 0. The van der Waals surface area contributed by atoms with Crippen molar-refractivity contribution in [1.29, 1.82) is 0 Å². The second kappa shape index (κ2) is 15.9. The lowest BCUT2D eigenvalue weighted by Crippen LogP contribution is -2.40. The van der Waals surface area contributed by atoms with Crippen LogP contribution in [0.2, 0.25) is 0 Å². The van der Waals surface area contributed by atoms with Gasteiger partial charge in [0.05, 0.1) is 5.41 Å². The molecule has 1 heteroatoms. The quantitative estimate of drug-likeness (QED) is 0.152. The van der Waals surface area contributed by atoms with E-state index < -0.39 is 5.41 Å². The first-order valence-corrected chi connectivity index (χ1v) is 22.4. The third-order valence-electron chi connectivity index (χ3n) is 13.8. The Labute approximate surface area is 377 Å². The normalized spacial score (nSPS) is 14.3. The van der Waals surface area contributed by atoms with Crippen molar-refractivity contribution in [1.82, 2.24) is 0 Å². The monoisotopic (exact) mass is 819 g/mol. The highest BCUT2D eigenvalue weighted by Crippen LogP contribution is 2.63. The number of hydrogen-bond donors (Lipinski definition) is 1. The molecule has 306 valence electrons. The standard InChI is InChI=1S/C63H49N/c1-62(2)55-27-12-14-29-57(55)63(58-30-15-13-28-56(58)62)54-39-38-50(49-25-16-24-48(40-49)46-36-34-45(35-37-46)44-20-8-4-9-21-44)41-53(54)61-52(26-17-31-59(61)63)51(33-32-43-18-6-3-7-19-43)42-60(64)47-22-10-5-11-23-47/h3-31,33-42H,32,64H2,1-2H3/b51-33+,60-42-. The van der Waals surface area contributed by atoms with Crippen LogP contribution < -0.4 is 5.73 Å². The maximum absolute atomic E-state index is 7.05. The Morgan fingerprint density at radius 3 is 1.55 bits per heavy atom. The molecule has 0 saturated carbocycles. The van der Waals surface area contributed by atoms with Crippen LogP contribution in [-0.4, -0.2) is 0 Å². The third kappa shape index (κ3) is 6.47. The van der Waals surface area contributed by atoms with E-state index in [0.717, 1.165) is 23.3 Å². The molecule has 2 N–H and O–H groups in total. The Morgan fingerprint density at radius 1 is 0.422 bits per heavy atom. The van der Waals surface area contributed by atoms with E-state index in [1.807, 2.05) is 6.07 Å². The van der Waals surface area contributed by atoms with Gasteiger partial charge in [-0.05, 0) is 125 Å². The van der Waals surface area contributed by atoms with Crippen LogP contribution in [0.4, 0.5) is 0 Å². The molecule has 0 radical (unpaired) electrons. The number of hydrogen-bond acceptors (Lipinski definition) is 1. The van der Waals surface area contributed by atoms with E-state index in [1.165, 1.54) is 89.0 Å². The van der Waals surface area contributed by atoms with E-state index in [1.54, 1.807) is 0 Å². The molecule has 2 aliphatic carbocycles. The van der Waals surface area contributed by atoms with E-state index in [4.69, 9.17) is 5.73 Å². The van der Waals surface area contributed by atoms with Gasteiger partial charge in [0.1, 0.15) is 0 Å². The number of fused-ring (bicyclic) bond motifs is 9. The van der Waals surface area contributed by atoms with E-state index in [9.17, 15) is 0 Å². The highest BCUT2D eigenvalue weighted by molar-refractivity contribution is 5.99. The average molecular weight is 820 g/mol. The summed E-state index contributed by atoms with van der Waals surface area (Å²) < 4.78 is 0. The molecule has 0 fully saturated rings. The minimum absolute atomic E-state index is 0.188. The Morgan fingerprint density at radius 2 is 0.891 bits per heavy atom. The predicted octanol–water partition coefficient (Wildman–Crippen LogP) is 15.3. The highest BCUT2D eigenvalue weighted by atomic mass is 14.6. The smallest absolute Gasteiger partial charge is 0.0719 e. The van der Waals surface area contributed by atoms with Crippen molar-refractivity contribution in [3.8, 4) is 44.5 Å². The molecule has 0 aliphatic heterocycles. The molecule has 2 aliphatic rings. The molecule has 64 heavy (non-hydrogen) atoms.